The molecule has 1 aliphatic rings. The fraction of sp³-hybridized carbons (Fsp3) is 0.323. The first-order chi connectivity index (χ1) is 21.1. The van der Waals surface area contributed by atoms with E-state index in [1.807, 2.05) is 18.2 Å². The predicted molar refractivity (Wildman–Crippen MR) is 166 cm³/mol. The summed E-state index contributed by atoms with van der Waals surface area (Å²) in [6, 6.07) is 12.6. The molecular weight excluding hydrogens is 606 g/mol. The minimum Gasteiger partial charge on any atom is -0.494 e. The highest BCUT2D eigenvalue weighted by molar-refractivity contribution is 7.98. The van der Waals surface area contributed by atoms with Crippen molar-refractivity contribution in [2.75, 3.05) is 20.3 Å². The number of nitrogens with one attached hydrogen (secondary N) is 2. The van der Waals surface area contributed by atoms with Crippen LogP contribution in [0, 0.1) is 0 Å². The molecule has 4 rings (SSSR count). The number of para-hydroxylation sites is 1. The maximum Gasteiger partial charge on any atom is 0.417 e. The molecule has 0 bridgehead atoms. The molecule has 0 radical (unpaired) electrons. The second-order valence-corrected chi connectivity index (χ2v) is 11.9. The van der Waals surface area contributed by atoms with Crippen LogP contribution in [0.5, 0.6) is 11.5 Å². The van der Waals surface area contributed by atoms with Gasteiger partial charge < -0.3 is 19.5 Å². The zero-order chi connectivity index (χ0) is 31.7. The second-order valence-electron chi connectivity index (χ2n) is 10.6. The number of carbonyl (C=O) groups excluding carboxylic acids is 3. The Labute approximate surface area is 265 Å². The lowest BCUT2D eigenvalue weighted by Crippen LogP contribution is -2.48. The van der Waals surface area contributed by atoms with E-state index in [-0.39, 0.29) is 25.1 Å². The van der Waals surface area contributed by atoms with Crippen molar-refractivity contribution in [2.24, 2.45) is 0 Å². The third-order valence-electron chi connectivity index (χ3n) is 6.28. The number of methoxy groups -OCH3 is 1. The number of pyridine rings is 2. The number of imide groups is 1. The Morgan fingerprint density at radius 1 is 1.11 bits per heavy atom. The van der Waals surface area contributed by atoms with E-state index in [4.69, 9.17) is 25.8 Å². The summed E-state index contributed by atoms with van der Waals surface area (Å²) >= 11 is 7.17. The molecule has 3 heterocycles. The quantitative estimate of drug-likeness (QED) is 0.216. The normalized spacial score (nSPS) is 13.4. The molecule has 0 fully saturated rings. The minimum atomic E-state index is -0.825. The highest BCUT2D eigenvalue weighted by Crippen LogP contribution is 2.34. The lowest BCUT2D eigenvalue weighted by atomic mass is 10.0. The molecule has 3 amide bonds. The molecule has 3 aromatic rings. The van der Waals surface area contributed by atoms with Crippen molar-refractivity contribution in [3.05, 3.63) is 88.6 Å². The van der Waals surface area contributed by atoms with Crippen LogP contribution < -0.4 is 19.5 Å². The molecule has 232 valence electrons. The van der Waals surface area contributed by atoms with E-state index in [9.17, 15) is 14.4 Å². The average molecular weight is 640 g/mol. The molecular formula is C31H34ClN5O6S. The second kappa shape index (κ2) is 14.9. The molecule has 0 unspecified atom stereocenters. The van der Waals surface area contributed by atoms with Gasteiger partial charge in [0, 0.05) is 55.3 Å². The van der Waals surface area contributed by atoms with E-state index in [0.717, 1.165) is 28.1 Å². The van der Waals surface area contributed by atoms with Crippen molar-refractivity contribution in [1.82, 2.24) is 24.9 Å². The van der Waals surface area contributed by atoms with Gasteiger partial charge in [0.25, 0.3) is 11.8 Å². The van der Waals surface area contributed by atoms with Crippen molar-refractivity contribution in [1.29, 1.82) is 0 Å². The van der Waals surface area contributed by atoms with Crippen LogP contribution in [0.4, 0.5) is 4.79 Å². The van der Waals surface area contributed by atoms with Crippen LogP contribution in [-0.2, 0) is 27.3 Å². The van der Waals surface area contributed by atoms with Gasteiger partial charge in [0.1, 0.15) is 16.9 Å². The van der Waals surface area contributed by atoms with Crippen LogP contribution in [-0.4, -0.2) is 58.6 Å². The number of rotatable bonds is 11. The van der Waals surface area contributed by atoms with Crippen LogP contribution in [0.15, 0.2) is 77.2 Å². The number of carbonyl (C=O) groups is 3. The lowest BCUT2D eigenvalue weighted by molar-refractivity contribution is -0.130. The number of ether oxygens (including phenoxy) is 3. The maximum absolute atomic E-state index is 13.6. The Bertz CT molecular complexity index is 1530. The highest BCUT2D eigenvalue weighted by Gasteiger charge is 2.37. The molecule has 44 heavy (non-hydrogen) atoms. The first kappa shape index (κ1) is 32.6. The third kappa shape index (κ3) is 8.64. The SMILES string of the molecule is COc1c(Cl)cccc1SNC(=O)C1=C(NCc2ccncc2OCCc2ccccn2)CCN(C(=O)OC(C)(C)C)C1=O. The summed E-state index contributed by atoms with van der Waals surface area (Å²) in [5.41, 5.74) is 1.02. The van der Waals surface area contributed by atoms with Crippen molar-refractivity contribution < 1.29 is 28.6 Å². The number of amides is 3. The molecule has 2 aromatic heterocycles. The molecule has 0 saturated carbocycles. The molecule has 2 N–H and O–H groups in total. The van der Waals surface area contributed by atoms with Crippen molar-refractivity contribution >= 4 is 41.5 Å². The van der Waals surface area contributed by atoms with E-state index in [0.29, 0.717) is 40.1 Å². The van der Waals surface area contributed by atoms with Crippen LogP contribution >= 0.6 is 23.5 Å². The topological polar surface area (TPSA) is 132 Å². The van der Waals surface area contributed by atoms with Crippen molar-refractivity contribution in [3.63, 3.8) is 0 Å². The van der Waals surface area contributed by atoms with Gasteiger partial charge in [-0.3, -0.25) is 24.3 Å². The summed E-state index contributed by atoms with van der Waals surface area (Å²) in [6.07, 6.45) is 4.98. The monoisotopic (exact) mass is 639 g/mol. The number of hydrogen-bond donors (Lipinski definition) is 2. The van der Waals surface area contributed by atoms with Crippen LogP contribution in [0.3, 0.4) is 0 Å². The zero-order valence-corrected chi connectivity index (χ0v) is 26.5. The van der Waals surface area contributed by atoms with Crippen molar-refractivity contribution in [2.45, 2.75) is 50.7 Å². The van der Waals surface area contributed by atoms with Crippen molar-refractivity contribution in [3.8, 4) is 11.5 Å². The highest BCUT2D eigenvalue weighted by atomic mass is 35.5. The van der Waals surface area contributed by atoms with Gasteiger partial charge in [0.05, 0.1) is 29.8 Å². The first-order valence-corrected chi connectivity index (χ1v) is 15.0. The summed E-state index contributed by atoms with van der Waals surface area (Å²) in [6.45, 7) is 5.77. The lowest BCUT2D eigenvalue weighted by Gasteiger charge is -2.31. The Hall–Kier alpha value is -4.29. The zero-order valence-electron chi connectivity index (χ0n) is 24.9. The van der Waals surface area contributed by atoms with E-state index < -0.39 is 23.5 Å². The molecule has 1 aliphatic heterocycles. The molecule has 0 saturated heterocycles. The summed E-state index contributed by atoms with van der Waals surface area (Å²) in [4.78, 5) is 50.0. The Balaban J connectivity index is 1.54. The average Bonchev–Trinajstić information content (AvgIpc) is 2.99. The van der Waals surface area contributed by atoms with Crippen LogP contribution in [0.1, 0.15) is 38.4 Å². The number of benzene rings is 1. The summed E-state index contributed by atoms with van der Waals surface area (Å²) in [7, 11) is 1.47. The van der Waals surface area contributed by atoms with Gasteiger partial charge in [0.15, 0.2) is 5.75 Å². The summed E-state index contributed by atoms with van der Waals surface area (Å²) < 4.78 is 19.5. The smallest absolute Gasteiger partial charge is 0.417 e. The van der Waals surface area contributed by atoms with Gasteiger partial charge in [-0.2, -0.15) is 0 Å². The molecule has 0 spiro atoms. The van der Waals surface area contributed by atoms with E-state index in [1.54, 1.807) is 63.6 Å². The number of aromatic nitrogens is 2. The maximum atomic E-state index is 13.6. The fourth-order valence-electron chi connectivity index (χ4n) is 4.23. The Morgan fingerprint density at radius 3 is 2.66 bits per heavy atom. The molecule has 0 atom stereocenters. The molecule has 0 aliphatic carbocycles. The van der Waals surface area contributed by atoms with E-state index in [1.165, 1.54) is 7.11 Å². The van der Waals surface area contributed by atoms with E-state index in [2.05, 4.69) is 20.0 Å². The Morgan fingerprint density at radius 2 is 1.93 bits per heavy atom. The predicted octanol–water partition coefficient (Wildman–Crippen LogP) is 5.09. The van der Waals surface area contributed by atoms with Gasteiger partial charge in [-0.25, -0.2) is 9.69 Å². The minimum absolute atomic E-state index is 0.0336. The Kier molecular flexibility index (Phi) is 11.1. The van der Waals surface area contributed by atoms with Gasteiger partial charge in [0.2, 0.25) is 0 Å². The molecule has 13 heteroatoms. The summed E-state index contributed by atoms with van der Waals surface area (Å²) in [5.74, 6) is -0.529. The van der Waals surface area contributed by atoms with Gasteiger partial charge in [-0.05, 0) is 63.1 Å². The van der Waals surface area contributed by atoms with Gasteiger partial charge >= 0.3 is 6.09 Å². The standard InChI is InChI=1S/C31H34ClN5O6S/c1-31(2,3)43-30(40)37-16-12-23(26(29(37)39)28(38)36-44-25-10-7-9-22(32)27(25)41-4)35-18-20-11-15-33-19-24(20)42-17-13-21-8-5-6-14-34-21/h5-11,14-15,19,35H,12-13,16-18H2,1-4H3,(H,36,38). The molecule has 11 nitrogen and oxygen atoms in total. The number of halogens is 1. The van der Waals surface area contributed by atoms with Crippen LogP contribution in [0.25, 0.3) is 0 Å². The third-order valence-corrected chi connectivity index (χ3v) is 7.41. The van der Waals surface area contributed by atoms with Crippen LogP contribution in [0.2, 0.25) is 5.02 Å². The fourth-order valence-corrected chi connectivity index (χ4v) is 5.28. The number of nitrogens with zero attached hydrogens (tertiary/aromatic N) is 3. The molecule has 1 aromatic carbocycles. The van der Waals surface area contributed by atoms with Gasteiger partial charge in [-0.15, -0.1) is 0 Å². The number of hydrogen-bond acceptors (Lipinski definition) is 10. The largest absolute Gasteiger partial charge is 0.494 e. The summed E-state index contributed by atoms with van der Waals surface area (Å²) in [5, 5.41) is 3.60. The van der Waals surface area contributed by atoms with Gasteiger partial charge in [-0.1, -0.05) is 23.7 Å². The first-order valence-electron chi connectivity index (χ1n) is 13.8. The van der Waals surface area contributed by atoms with E-state index >= 15 is 0 Å².